The highest BCUT2D eigenvalue weighted by molar-refractivity contribution is 6.04. The van der Waals surface area contributed by atoms with Crippen LogP contribution in [0.3, 0.4) is 0 Å². The average molecular weight is 561 g/mol. The number of likely N-dealkylation sites (N-methyl/N-ethyl adjacent to an activating group) is 1. The third-order valence-corrected chi connectivity index (χ3v) is 6.47. The Labute approximate surface area is 244 Å². The van der Waals surface area contributed by atoms with Crippen LogP contribution < -0.4 is 20.8 Å². The molecule has 0 radical (unpaired) electrons. The number of ether oxygens (including phenoxy) is 1. The molecule has 0 bridgehead atoms. The number of pyridine rings is 1. The molecule has 2 heterocycles. The van der Waals surface area contributed by atoms with Gasteiger partial charge >= 0.3 is 0 Å². The molecule has 0 saturated heterocycles. The number of nitrogens with one attached hydrogen (secondary N) is 3. The molecule has 0 aliphatic rings. The predicted octanol–water partition coefficient (Wildman–Crippen LogP) is 5.96. The van der Waals surface area contributed by atoms with Crippen LogP contribution in [0.15, 0.2) is 90.3 Å². The van der Waals surface area contributed by atoms with E-state index in [1.165, 1.54) is 6.20 Å². The Kier molecular flexibility index (Phi) is 8.64. The van der Waals surface area contributed by atoms with Crippen LogP contribution in [0.25, 0.3) is 22.3 Å². The zero-order chi connectivity index (χ0) is 29.5. The lowest BCUT2D eigenvalue weighted by atomic mass is 10.1. The highest BCUT2D eigenvalue weighted by Crippen LogP contribution is 2.32. The topological polar surface area (TPSA) is 117 Å². The summed E-state index contributed by atoms with van der Waals surface area (Å²) in [4.78, 5) is 28.6. The Morgan fingerprint density at radius 3 is 2.64 bits per heavy atom. The van der Waals surface area contributed by atoms with Crippen LogP contribution in [0.2, 0.25) is 0 Å². The summed E-state index contributed by atoms with van der Waals surface area (Å²) in [6.07, 6.45) is 3.16. The van der Waals surface area contributed by atoms with Crippen molar-refractivity contribution >= 4 is 46.4 Å². The summed E-state index contributed by atoms with van der Waals surface area (Å²) in [5.74, 6) is 1.62. The maximum Gasteiger partial charge on any atom is 0.257 e. The molecular formula is C32H32N8O2. The van der Waals surface area contributed by atoms with Crippen molar-refractivity contribution in [2.75, 3.05) is 43.3 Å². The van der Waals surface area contributed by atoms with Crippen molar-refractivity contribution in [2.24, 2.45) is 5.10 Å². The van der Waals surface area contributed by atoms with Gasteiger partial charge in [0, 0.05) is 48.0 Å². The number of aromatic nitrogens is 3. The van der Waals surface area contributed by atoms with E-state index in [1.807, 2.05) is 81.7 Å². The van der Waals surface area contributed by atoms with Crippen LogP contribution >= 0.6 is 0 Å². The van der Waals surface area contributed by atoms with Crippen molar-refractivity contribution in [1.82, 2.24) is 19.9 Å². The maximum absolute atomic E-state index is 12.7. The first-order chi connectivity index (χ1) is 20.4. The number of nitrogens with zero attached hydrogens (tertiary/aromatic N) is 5. The van der Waals surface area contributed by atoms with Crippen LogP contribution in [0.5, 0.6) is 5.75 Å². The Morgan fingerprint density at radius 1 is 1.00 bits per heavy atom. The van der Waals surface area contributed by atoms with E-state index < -0.39 is 0 Å². The van der Waals surface area contributed by atoms with Gasteiger partial charge in [0.2, 0.25) is 0 Å². The molecule has 2 aromatic heterocycles. The van der Waals surface area contributed by atoms with Crippen LogP contribution in [0.1, 0.15) is 15.9 Å². The van der Waals surface area contributed by atoms with E-state index in [9.17, 15) is 4.79 Å². The Balaban J connectivity index is 1.51. The van der Waals surface area contributed by atoms with Gasteiger partial charge in [-0.15, -0.1) is 0 Å². The minimum Gasteiger partial charge on any atom is -0.492 e. The maximum atomic E-state index is 12.7. The number of amides is 1. The number of carbonyl (C=O) groups is 1. The number of benzene rings is 3. The van der Waals surface area contributed by atoms with Gasteiger partial charge in [-0.25, -0.2) is 9.97 Å². The second-order valence-electron chi connectivity index (χ2n) is 9.93. The number of hydrogen-bond donors (Lipinski definition) is 3. The van der Waals surface area contributed by atoms with Crippen molar-refractivity contribution in [3.05, 3.63) is 96.3 Å². The number of hydrazone groups is 1. The zero-order valence-electron chi connectivity index (χ0n) is 23.8. The van der Waals surface area contributed by atoms with Crippen LogP contribution in [-0.4, -0.2) is 59.7 Å². The number of hydrogen-bond acceptors (Lipinski definition) is 9. The van der Waals surface area contributed by atoms with E-state index in [4.69, 9.17) is 14.7 Å². The fraction of sp³-hybridized carbons (Fsp3) is 0.156. The SMILES string of the molecule is C=NNc1ccc(Nc2nc(-c3cccc(NC(=O)c4cccnc4)c3)nc3ccc(OCCN(C)C)cc23)cc1C. The Morgan fingerprint density at radius 2 is 1.88 bits per heavy atom. The molecule has 212 valence electrons. The van der Waals surface area contributed by atoms with Crippen LogP contribution in [0.4, 0.5) is 22.9 Å². The molecule has 0 fully saturated rings. The number of carbonyl (C=O) groups excluding carboxylic acids is 1. The highest BCUT2D eigenvalue weighted by atomic mass is 16.5. The fourth-order valence-electron chi connectivity index (χ4n) is 4.29. The summed E-state index contributed by atoms with van der Waals surface area (Å²) in [7, 11) is 4.02. The molecule has 3 aromatic carbocycles. The van der Waals surface area contributed by atoms with Gasteiger partial charge in [-0.1, -0.05) is 12.1 Å². The lowest BCUT2D eigenvalue weighted by molar-refractivity contribution is 0.102. The molecule has 10 heteroatoms. The zero-order valence-corrected chi connectivity index (χ0v) is 23.8. The molecule has 0 unspecified atom stereocenters. The van der Waals surface area contributed by atoms with E-state index in [1.54, 1.807) is 18.3 Å². The van der Waals surface area contributed by atoms with Crippen molar-refractivity contribution in [3.8, 4) is 17.1 Å². The monoisotopic (exact) mass is 560 g/mol. The van der Waals surface area contributed by atoms with E-state index >= 15 is 0 Å². The lowest BCUT2D eigenvalue weighted by Gasteiger charge is -2.15. The Hall–Kier alpha value is -5.35. The van der Waals surface area contributed by atoms with Gasteiger partial charge in [-0.3, -0.25) is 15.2 Å². The molecule has 0 aliphatic heterocycles. The van der Waals surface area contributed by atoms with Crippen molar-refractivity contribution in [1.29, 1.82) is 0 Å². The summed E-state index contributed by atoms with van der Waals surface area (Å²) in [5.41, 5.74) is 8.21. The highest BCUT2D eigenvalue weighted by Gasteiger charge is 2.14. The molecule has 3 N–H and O–H groups in total. The molecule has 10 nitrogen and oxygen atoms in total. The largest absolute Gasteiger partial charge is 0.492 e. The van der Waals surface area contributed by atoms with E-state index in [-0.39, 0.29) is 5.91 Å². The molecule has 0 atom stereocenters. The van der Waals surface area contributed by atoms with E-state index in [0.717, 1.165) is 45.7 Å². The number of rotatable bonds is 11. The molecule has 5 aromatic rings. The van der Waals surface area contributed by atoms with Gasteiger partial charge in [0.25, 0.3) is 5.91 Å². The summed E-state index contributed by atoms with van der Waals surface area (Å²) < 4.78 is 6.00. The molecular weight excluding hydrogens is 528 g/mol. The van der Waals surface area contributed by atoms with Crippen LogP contribution in [-0.2, 0) is 0 Å². The standard InChI is InChI=1S/C32H32N8O2/c1-21-17-25(10-12-28(21)39-33-2)35-31-27-19-26(42-16-15-40(3)4)11-13-29(27)37-30(38-31)22-7-5-9-24(18-22)36-32(41)23-8-6-14-34-20-23/h5-14,17-20,39H,2,15-16H2,1,3-4H3,(H,36,41)(H,35,37,38). The minimum absolute atomic E-state index is 0.246. The number of aryl methyl sites for hydroxylation is 1. The number of fused-ring (bicyclic) bond motifs is 1. The average Bonchev–Trinajstić information content (AvgIpc) is 2.99. The first-order valence-electron chi connectivity index (χ1n) is 13.4. The molecule has 0 saturated carbocycles. The van der Waals surface area contributed by atoms with Crippen molar-refractivity contribution < 1.29 is 9.53 Å². The van der Waals surface area contributed by atoms with E-state index in [0.29, 0.717) is 29.5 Å². The third-order valence-electron chi connectivity index (χ3n) is 6.47. The third kappa shape index (κ3) is 6.86. The first kappa shape index (κ1) is 28.2. The minimum atomic E-state index is -0.246. The van der Waals surface area contributed by atoms with Crippen LogP contribution in [0, 0.1) is 6.92 Å². The van der Waals surface area contributed by atoms with Gasteiger partial charge in [0.1, 0.15) is 18.2 Å². The predicted molar refractivity (Wildman–Crippen MR) is 169 cm³/mol. The van der Waals surface area contributed by atoms with E-state index in [2.05, 4.69) is 37.8 Å². The summed E-state index contributed by atoms with van der Waals surface area (Å²) >= 11 is 0. The smallest absolute Gasteiger partial charge is 0.257 e. The lowest BCUT2D eigenvalue weighted by Crippen LogP contribution is -2.19. The molecule has 1 amide bonds. The van der Waals surface area contributed by atoms with Gasteiger partial charge in [0.05, 0.1) is 16.8 Å². The Bertz CT molecular complexity index is 1720. The van der Waals surface area contributed by atoms with Crippen molar-refractivity contribution in [3.63, 3.8) is 0 Å². The second-order valence-corrected chi connectivity index (χ2v) is 9.93. The van der Waals surface area contributed by atoms with Gasteiger partial charge < -0.3 is 20.3 Å². The quantitative estimate of drug-likeness (QED) is 0.134. The first-order valence-corrected chi connectivity index (χ1v) is 13.4. The fourth-order valence-corrected chi connectivity index (χ4v) is 4.29. The van der Waals surface area contributed by atoms with Gasteiger partial charge in [-0.2, -0.15) is 5.10 Å². The molecule has 42 heavy (non-hydrogen) atoms. The van der Waals surface area contributed by atoms with Gasteiger partial charge in [-0.05, 0) is 87.2 Å². The van der Waals surface area contributed by atoms with Gasteiger partial charge in [0.15, 0.2) is 5.82 Å². The summed E-state index contributed by atoms with van der Waals surface area (Å²) in [6, 6.07) is 22.6. The van der Waals surface area contributed by atoms with Crippen molar-refractivity contribution in [2.45, 2.75) is 6.92 Å². The number of anilines is 4. The summed E-state index contributed by atoms with van der Waals surface area (Å²) in [6.45, 7) is 6.85. The normalized spacial score (nSPS) is 10.9. The molecule has 5 rings (SSSR count). The summed E-state index contributed by atoms with van der Waals surface area (Å²) in [5, 5.41) is 11.0. The molecule has 0 spiro atoms. The molecule has 0 aliphatic carbocycles. The second kappa shape index (κ2) is 12.9.